The average Bonchev–Trinajstić information content (AvgIpc) is 2.19. The Hall–Kier alpha value is -0.310. The smallest absolute Gasteiger partial charge is 0.000461 e. The molecule has 1 heteroatoms. The van der Waals surface area contributed by atoms with Crippen molar-refractivity contribution in [3.05, 3.63) is 42.0 Å². The van der Waals surface area contributed by atoms with E-state index in [1.54, 1.807) is 0 Å². The van der Waals surface area contributed by atoms with E-state index in [9.17, 15) is 0 Å². The molecule has 0 amide bonds. The molecule has 70 valence electrons. The highest BCUT2D eigenvalue weighted by Gasteiger charge is 1.96. The van der Waals surface area contributed by atoms with Gasteiger partial charge in [-0.25, -0.2) is 0 Å². The highest BCUT2D eigenvalue weighted by molar-refractivity contribution is 14.1. The Bertz CT molecular complexity index is 266. The minimum atomic E-state index is 1.19. The summed E-state index contributed by atoms with van der Waals surface area (Å²) in [6, 6.07) is 8.50. The third kappa shape index (κ3) is 3.51. The molecule has 0 unspecified atom stereocenters. The largest absolute Gasteiger partial charge is 0.0985 e. The van der Waals surface area contributed by atoms with Crippen LogP contribution in [0.3, 0.4) is 0 Å². The minimum absolute atomic E-state index is 1.19. The molecule has 1 rings (SSSR count). The second kappa shape index (κ2) is 6.19. The van der Waals surface area contributed by atoms with E-state index in [0.717, 1.165) is 0 Å². The van der Waals surface area contributed by atoms with E-state index in [1.807, 2.05) is 6.08 Å². The van der Waals surface area contributed by atoms with Crippen molar-refractivity contribution in [3.63, 3.8) is 0 Å². The van der Waals surface area contributed by atoms with Crippen molar-refractivity contribution in [3.8, 4) is 0 Å². The van der Waals surface area contributed by atoms with Gasteiger partial charge in [0, 0.05) is 0 Å². The molecular formula is C12H15I. The summed E-state index contributed by atoms with van der Waals surface area (Å²) in [5.41, 5.74) is 2.72. The van der Waals surface area contributed by atoms with Crippen molar-refractivity contribution in [2.75, 3.05) is 4.43 Å². The van der Waals surface area contributed by atoms with Gasteiger partial charge in [-0.15, -0.1) is 0 Å². The summed E-state index contributed by atoms with van der Waals surface area (Å²) in [4.78, 5) is 0. The van der Waals surface area contributed by atoms with Gasteiger partial charge in [-0.2, -0.15) is 0 Å². The number of hydrogen-bond acceptors (Lipinski definition) is 0. The lowest BCUT2D eigenvalue weighted by Gasteiger charge is -2.04. The fraction of sp³-hybridized carbons (Fsp3) is 0.333. The Morgan fingerprint density at radius 3 is 2.69 bits per heavy atom. The molecule has 0 aliphatic rings. The van der Waals surface area contributed by atoms with Gasteiger partial charge in [-0.05, 0) is 34.8 Å². The molecule has 0 spiro atoms. The maximum absolute atomic E-state index is 3.82. The van der Waals surface area contributed by atoms with Gasteiger partial charge in [0.2, 0.25) is 0 Å². The molecule has 0 N–H and O–H groups in total. The fourth-order valence-electron chi connectivity index (χ4n) is 1.37. The molecule has 0 saturated carbocycles. The van der Waals surface area contributed by atoms with E-state index >= 15 is 0 Å². The molecule has 0 aliphatic heterocycles. The van der Waals surface area contributed by atoms with E-state index in [-0.39, 0.29) is 0 Å². The van der Waals surface area contributed by atoms with Gasteiger partial charge in [-0.1, -0.05) is 59.5 Å². The van der Waals surface area contributed by atoms with Crippen LogP contribution < -0.4 is 0 Å². The van der Waals surface area contributed by atoms with Gasteiger partial charge in [0.1, 0.15) is 0 Å². The zero-order valence-electron chi connectivity index (χ0n) is 7.80. The molecular weight excluding hydrogens is 271 g/mol. The van der Waals surface area contributed by atoms with Gasteiger partial charge in [0.15, 0.2) is 0 Å². The normalized spacial score (nSPS) is 9.92. The zero-order valence-corrected chi connectivity index (χ0v) is 9.96. The van der Waals surface area contributed by atoms with Crippen molar-refractivity contribution >= 4 is 28.7 Å². The summed E-state index contributed by atoms with van der Waals surface area (Å²) in [5.74, 6) is 0. The molecule has 1 aromatic carbocycles. The predicted octanol–water partition coefficient (Wildman–Crippen LogP) is 4.09. The molecule has 0 bridgehead atoms. The maximum Gasteiger partial charge on any atom is -0.000461 e. The minimum Gasteiger partial charge on any atom is -0.0985 e. The van der Waals surface area contributed by atoms with E-state index < -0.39 is 0 Å². The third-order valence-electron chi connectivity index (χ3n) is 2.10. The molecule has 0 saturated heterocycles. The molecule has 0 aromatic heterocycles. The first-order valence-corrected chi connectivity index (χ1v) is 6.17. The van der Waals surface area contributed by atoms with E-state index in [0.29, 0.717) is 0 Å². The van der Waals surface area contributed by atoms with Gasteiger partial charge >= 0.3 is 0 Å². The molecule has 0 radical (unpaired) electrons. The summed E-state index contributed by atoms with van der Waals surface area (Å²) < 4.78 is 1.26. The van der Waals surface area contributed by atoms with E-state index in [2.05, 4.69) is 53.4 Å². The number of alkyl halides is 1. The van der Waals surface area contributed by atoms with Crippen LogP contribution in [0, 0.1) is 0 Å². The Morgan fingerprint density at radius 1 is 1.23 bits per heavy atom. The van der Waals surface area contributed by atoms with E-state index in [1.165, 1.54) is 34.8 Å². The quantitative estimate of drug-likeness (QED) is 0.434. The molecule has 0 heterocycles. The zero-order chi connectivity index (χ0) is 9.52. The summed E-state index contributed by atoms with van der Waals surface area (Å²) in [5, 5.41) is 0. The first-order valence-electron chi connectivity index (χ1n) is 4.65. The van der Waals surface area contributed by atoms with Crippen LogP contribution in [0.1, 0.15) is 24.0 Å². The van der Waals surface area contributed by atoms with Crippen molar-refractivity contribution in [2.45, 2.75) is 19.3 Å². The van der Waals surface area contributed by atoms with Gasteiger partial charge in [0.05, 0.1) is 0 Å². The van der Waals surface area contributed by atoms with Crippen LogP contribution >= 0.6 is 22.6 Å². The van der Waals surface area contributed by atoms with Crippen molar-refractivity contribution in [1.29, 1.82) is 0 Å². The molecule has 0 nitrogen and oxygen atoms in total. The third-order valence-corrected chi connectivity index (χ3v) is 2.87. The topological polar surface area (TPSA) is 0 Å². The maximum atomic E-state index is 3.82. The lowest BCUT2D eigenvalue weighted by molar-refractivity contribution is 0.808. The Morgan fingerprint density at radius 2 is 2.00 bits per heavy atom. The van der Waals surface area contributed by atoms with Crippen LogP contribution in [-0.4, -0.2) is 4.43 Å². The van der Waals surface area contributed by atoms with Crippen LogP contribution in [0.5, 0.6) is 0 Å². The van der Waals surface area contributed by atoms with Crippen LogP contribution in [0.15, 0.2) is 30.8 Å². The second-order valence-electron chi connectivity index (χ2n) is 3.05. The van der Waals surface area contributed by atoms with Crippen molar-refractivity contribution < 1.29 is 0 Å². The van der Waals surface area contributed by atoms with Crippen molar-refractivity contribution in [1.82, 2.24) is 0 Å². The van der Waals surface area contributed by atoms with Crippen LogP contribution in [0.25, 0.3) is 6.08 Å². The average molecular weight is 286 g/mol. The molecule has 0 fully saturated rings. The van der Waals surface area contributed by atoms with Gasteiger partial charge in [-0.3, -0.25) is 0 Å². The van der Waals surface area contributed by atoms with Gasteiger partial charge in [0.25, 0.3) is 0 Å². The monoisotopic (exact) mass is 286 g/mol. The van der Waals surface area contributed by atoms with Crippen LogP contribution in [0.2, 0.25) is 0 Å². The summed E-state index contributed by atoms with van der Waals surface area (Å²) in [6.07, 6.45) is 5.73. The Balaban J connectivity index is 2.59. The number of hydrogen-bond donors (Lipinski definition) is 0. The lowest BCUT2D eigenvalue weighted by Crippen LogP contribution is -1.89. The Labute approximate surface area is 94.2 Å². The van der Waals surface area contributed by atoms with Crippen LogP contribution in [0.4, 0.5) is 0 Å². The number of rotatable bonds is 5. The second-order valence-corrected chi connectivity index (χ2v) is 4.13. The lowest BCUT2D eigenvalue weighted by atomic mass is 10.0. The van der Waals surface area contributed by atoms with Gasteiger partial charge < -0.3 is 0 Å². The molecule has 1 aromatic rings. The summed E-state index contributed by atoms with van der Waals surface area (Å²) >= 11 is 2.43. The molecule has 0 aliphatic carbocycles. The highest BCUT2D eigenvalue weighted by Crippen LogP contribution is 2.13. The predicted molar refractivity (Wildman–Crippen MR) is 68.4 cm³/mol. The summed E-state index contributed by atoms with van der Waals surface area (Å²) in [6.45, 7) is 3.82. The van der Waals surface area contributed by atoms with Crippen molar-refractivity contribution in [2.24, 2.45) is 0 Å². The first-order chi connectivity index (χ1) is 6.38. The molecule has 13 heavy (non-hydrogen) atoms. The van der Waals surface area contributed by atoms with Crippen LogP contribution in [-0.2, 0) is 6.42 Å². The van der Waals surface area contributed by atoms with E-state index in [4.69, 9.17) is 0 Å². The fourth-order valence-corrected chi connectivity index (χ4v) is 1.91. The number of halogens is 1. The number of aryl methyl sites for hydroxylation is 1. The molecule has 0 atom stereocenters. The standard InChI is InChI=1S/C12H15I/c1-2-11-7-3-4-8-12(11)9-5-6-10-13/h2-4,7-8H,1,5-6,9-10H2. The number of unbranched alkanes of at least 4 members (excludes halogenated alkanes) is 1. The summed E-state index contributed by atoms with van der Waals surface area (Å²) in [7, 11) is 0. The first kappa shape index (κ1) is 10.8. The number of benzene rings is 1. The Kier molecular flexibility index (Phi) is 5.13. The highest BCUT2D eigenvalue weighted by atomic mass is 127. The SMILES string of the molecule is C=Cc1ccccc1CCCCI.